The molecule has 0 atom stereocenters. The normalized spacial score (nSPS) is 11.9. The van der Waals surface area contributed by atoms with Crippen LogP contribution in [0.2, 0.25) is 0 Å². The van der Waals surface area contributed by atoms with Crippen LogP contribution >= 0.6 is 0 Å². The molecule has 0 saturated carbocycles. The molecule has 20 rings (SSSR count). The van der Waals surface area contributed by atoms with Gasteiger partial charge in [0.15, 0.2) is 46.6 Å². The minimum absolute atomic E-state index is 0.0484. The second-order valence-electron chi connectivity index (χ2n) is 34.2. The molecule has 774 valence electrons. The van der Waals surface area contributed by atoms with Crippen molar-refractivity contribution in [3.8, 4) is 114 Å². The maximum absolute atomic E-state index is 12.8. The molecule has 12 heterocycles. The topological polar surface area (TPSA) is 504 Å². The van der Waals surface area contributed by atoms with E-state index in [1.54, 1.807) is 26.6 Å². The van der Waals surface area contributed by atoms with Crippen LogP contribution in [0.3, 0.4) is 0 Å². The number of hydrogen-bond acceptors (Lipinski definition) is 36. The molecule has 0 aliphatic carbocycles. The van der Waals surface area contributed by atoms with E-state index in [0.29, 0.717) is 227 Å². The Kier molecular flexibility index (Phi) is 34.4. The van der Waals surface area contributed by atoms with Crippen LogP contribution in [0, 0.1) is 0 Å². The summed E-state index contributed by atoms with van der Waals surface area (Å²) in [5.74, 6) is 5.06. The van der Waals surface area contributed by atoms with Crippen LogP contribution in [-0.4, -0.2) is 334 Å². The second-order valence-corrected chi connectivity index (χ2v) is 34.2. The fourth-order valence-corrected chi connectivity index (χ4v) is 17.1. The highest BCUT2D eigenvalue weighted by molar-refractivity contribution is 6.14. The van der Waals surface area contributed by atoms with E-state index in [9.17, 15) is 9.59 Å². The summed E-state index contributed by atoms with van der Waals surface area (Å²) in [6.45, 7) is 9.48. The summed E-state index contributed by atoms with van der Waals surface area (Å²) in [6.07, 6.45) is 3.30. The van der Waals surface area contributed by atoms with Gasteiger partial charge in [0.2, 0.25) is 11.8 Å². The van der Waals surface area contributed by atoms with E-state index < -0.39 is 0 Å². The van der Waals surface area contributed by atoms with E-state index in [0.717, 1.165) is 66.1 Å². The van der Waals surface area contributed by atoms with Gasteiger partial charge in [0.25, 0.3) is 0 Å². The van der Waals surface area contributed by atoms with Crippen LogP contribution < -0.4 is 29.6 Å². The predicted octanol–water partition coefficient (Wildman–Crippen LogP) is 11.6. The number of benzene rings is 8. The van der Waals surface area contributed by atoms with Gasteiger partial charge < -0.3 is 116 Å². The summed E-state index contributed by atoms with van der Waals surface area (Å²) in [5, 5.41) is 28.0. The molecule has 0 unspecified atom stereocenters. The van der Waals surface area contributed by atoms with Crippen LogP contribution in [0.25, 0.3) is 179 Å². The first-order chi connectivity index (χ1) is 74.2. The molecule has 4 aliphatic rings. The minimum atomic E-state index is -0.270. The predicted molar refractivity (Wildman–Crippen MR) is 551 cm³/mol. The van der Waals surface area contributed by atoms with Crippen LogP contribution in [0.4, 0.5) is 0 Å². The Balaban J connectivity index is 0.356. The average Bonchev–Trinajstić information content (AvgIpc) is 1.59. The van der Waals surface area contributed by atoms with Gasteiger partial charge in [-0.1, -0.05) is 156 Å². The molecule has 0 spiro atoms. The van der Waals surface area contributed by atoms with Gasteiger partial charge in [0, 0.05) is 93.4 Å². The first-order valence-corrected chi connectivity index (χ1v) is 49.4. The fourth-order valence-electron chi connectivity index (χ4n) is 17.1. The first kappa shape index (κ1) is 102. The van der Waals surface area contributed by atoms with Crippen molar-refractivity contribution in [2.45, 2.75) is 26.3 Å². The second kappa shape index (κ2) is 50.8. The lowest BCUT2D eigenvalue weighted by Crippen LogP contribution is -2.31. The zero-order chi connectivity index (χ0) is 102. The smallest absolute Gasteiger partial charge is 0.241 e. The highest BCUT2D eigenvalue weighted by atomic mass is 16.6. The number of nitrogens with one attached hydrogen (secondary N) is 6. The number of H-pyrrole nitrogens is 4. The zero-order valence-electron chi connectivity index (χ0n) is 82.6. The van der Waals surface area contributed by atoms with Crippen molar-refractivity contribution in [1.29, 1.82) is 0 Å². The lowest BCUT2D eigenvalue weighted by atomic mass is 10.1. The average molecular weight is 2040 g/mol. The molecule has 0 fully saturated rings. The van der Waals surface area contributed by atoms with E-state index in [4.69, 9.17) is 145 Å². The van der Waals surface area contributed by atoms with Gasteiger partial charge in [-0.2, -0.15) is 0 Å². The molecule has 8 aromatic heterocycles. The Morgan fingerprint density at radius 2 is 0.460 bits per heavy atom. The number of fused-ring (bicyclic) bond motifs is 40. The van der Waals surface area contributed by atoms with E-state index in [1.165, 1.54) is 9.36 Å². The lowest BCUT2D eigenvalue weighted by Gasteiger charge is -2.12. The number of nitrogens with zero attached hydrogens (tertiary/aromatic N) is 18. The largest absolute Gasteiger partial charge is 0.490 e. The molecular formula is C106H110N24O20. The standard InChI is InChI=1S/C106H110N24O20/c1-133-35-37-137-41-45-141-53-57-147-81-27-29-83(89-87(81)103-119-99-77-23-11-7-19-73(77)95(115-99)111-91-69-15-3-5-17-71(69)93(109-91)113-97-75-21-9-13-25-79(75)101(117-97)121-105(89)123-103)149-59-55-143-47-43-139-49-51-145-65-67-61-129(127-125-67)63-85(131)107-31-33-135-39-40-136-34-32-108-86(132)64-130-62-68(126-128-130)66-146-52-50-140-44-48-144-56-60-150-84-30-28-82(148-58-54-142-46-42-138-38-36-134-2)88-90(84)106-122-102-80-26-14-10-22-76(80)98(118-102)114-94-72-18-6-4-16-70(72)92(110-94)112-96-74-20-8-12-24-78(74)100(116-96)120-104(88)124-106/h3-30,61-62H,31-60,63-66H2,1-2H3,(H,107,131)(H,108,132)(H2,109,111,113,115,117,119,121,123)(H2,110,112,114,116,118,120,122,124). The van der Waals surface area contributed by atoms with Crippen LogP contribution in [0.15, 0.2) is 182 Å². The van der Waals surface area contributed by atoms with Crippen molar-refractivity contribution >= 4 is 100 Å². The van der Waals surface area contributed by atoms with Crippen LogP contribution in [-0.2, 0) is 102 Å². The fraction of sp³-hybridized carbons (Fsp3) is 0.340. The quantitative estimate of drug-likeness (QED) is 0.0193. The molecule has 4 aliphatic heterocycles. The maximum Gasteiger partial charge on any atom is 0.241 e. The molecule has 44 nitrogen and oxygen atoms in total. The van der Waals surface area contributed by atoms with E-state index in [1.807, 2.05) is 170 Å². The number of ether oxygens (including phenoxy) is 18. The van der Waals surface area contributed by atoms with Crippen molar-refractivity contribution in [2.75, 3.05) is 212 Å². The summed E-state index contributed by atoms with van der Waals surface area (Å²) in [6, 6.07) is 54.7. The molecule has 16 aromatic rings. The third kappa shape index (κ3) is 25.1. The van der Waals surface area contributed by atoms with Gasteiger partial charge in [-0.15, -0.1) is 10.2 Å². The summed E-state index contributed by atoms with van der Waals surface area (Å²) in [7, 11) is 3.26. The number of methoxy groups -OCH3 is 2. The summed E-state index contributed by atoms with van der Waals surface area (Å²) in [5.41, 5.74) is 11.5. The Labute approximate surface area is 857 Å². The number of amides is 2. The van der Waals surface area contributed by atoms with Crippen molar-refractivity contribution < 1.29 is 94.9 Å². The molecule has 2 amide bonds. The number of aromatic nitrogens is 22. The SMILES string of the molecule is COCCOCCOCCOc1ccc(OCCOCCOCCOCc2cn(CC(=O)NCCOCCOCCNC(=O)Cn3cc(COCCOCCOCCOc4ccc(OCCOCCOCCOC)c5c6nc7nc(nc8[nH]c(nc9nc(nc([nH]6)c45)-c4ccccc4-9)c4ccccc84)-c4ccccc4-7)nn3)nn2)c2c3nc4nc(nc5[nH]c(nc6nc(nc([nH]3)c12)-c1ccccc1-6)c1ccccc51)-c1ccccc1-4. The van der Waals surface area contributed by atoms with Gasteiger partial charge in [0.1, 0.15) is 119 Å². The number of aromatic amines is 4. The van der Waals surface area contributed by atoms with Gasteiger partial charge in [-0.25, -0.2) is 69.2 Å². The van der Waals surface area contributed by atoms with E-state index >= 15 is 0 Å². The van der Waals surface area contributed by atoms with Gasteiger partial charge in [0.05, 0.1) is 206 Å². The highest BCUT2D eigenvalue weighted by Crippen LogP contribution is 2.45. The Hall–Kier alpha value is -15.7. The maximum atomic E-state index is 12.8. The third-order valence-electron chi connectivity index (χ3n) is 24.1. The molecule has 8 aromatic carbocycles. The molecule has 150 heavy (non-hydrogen) atoms. The first-order valence-electron chi connectivity index (χ1n) is 49.4. The number of carbonyl (C=O) groups excluding carboxylic acids is 2. The highest BCUT2D eigenvalue weighted by Gasteiger charge is 2.29. The lowest BCUT2D eigenvalue weighted by molar-refractivity contribution is -0.123. The molecule has 16 bridgehead atoms. The number of rotatable bonds is 57. The number of hydrogen-bond donors (Lipinski definition) is 6. The van der Waals surface area contributed by atoms with Gasteiger partial charge in [-0.05, 0) is 24.3 Å². The Morgan fingerprint density at radius 3 is 0.713 bits per heavy atom. The molecule has 0 radical (unpaired) electrons. The minimum Gasteiger partial charge on any atom is -0.490 e. The van der Waals surface area contributed by atoms with E-state index in [-0.39, 0.29) is 157 Å². The molecule has 0 saturated heterocycles. The van der Waals surface area contributed by atoms with Crippen molar-refractivity contribution in [1.82, 2.24) is 120 Å². The summed E-state index contributed by atoms with van der Waals surface area (Å²) >= 11 is 0. The van der Waals surface area contributed by atoms with Crippen molar-refractivity contribution in [3.05, 3.63) is 194 Å². The summed E-state index contributed by atoms with van der Waals surface area (Å²) < 4.78 is 109. The monoisotopic (exact) mass is 2040 g/mol. The molecule has 6 N–H and O–H groups in total. The Bertz CT molecular complexity index is 7320. The zero-order valence-corrected chi connectivity index (χ0v) is 82.6. The van der Waals surface area contributed by atoms with Gasteiger partial charge >= 0.3 is 0 Å². The number of carbonyl (C=O) groups is 2. The third-order valence-corrected chi connectivity index (χ3v) is 24.1. The van der Waals surface area contributed by atoms with Crippen LogP contribution in [0.5, 0.6) is 23.0 Å². The van der Waals surface area contributed by atoms with Crippen molar-refractivity contribution in [3.63, 3.8) is 0 Å². The van der Waals surface area contributed by atoms with Crippen LogP contribution in [0.1, 0.15) is 11.4 Å². The van der Waals surface area contributed by atoms with Gasteiger partial charge in [-0.3, -0.25) is 9.59 Å². The molecule has 44 heteroatoms. The summed E-state index contributed by atoms with van der Waals surface area (Å²) in [4.78, 5) is 102. The van der Waals surface area contributed by atoms with Crippen molar-refractivity contribution in [2.24, 2.45) is 0 Å². The molecular weight excluding hydrogens is 1930 g/mol. The Morgan fingerprint density at radius 1 is 0.247 bits per heavy atom. The van der Waals surface area contributed by atoms with E-state index in [2.05, 4.69) is 51.2 Å².